The van der Waals surface area contributed by atoms with Gasteiger partial charge in [0.2, 0.25) is 0 Å². The zero-order chi connectivity index (χ0) is 22.0. The lowest BCUT2D eigenvalue weighted by Gasteiger charge is -2.20. The van der Waals surface area contributed by atoms with Crippen LogP contribution >= 0.6 is 0 Å². The molecule has 31 heavy (non-hydrogen) atoms. The van der Waals surface area contributed by atoms with Crippen molar-refractivity contribution in [2.24, 2.45) is 0 Å². The molecule has 0 spiro atoms. The molecule has 0 bridgehead atoms. The fraction of sp³-hybridized carbons (Fsp3) is 0.167. The molecular formula is C24H20N2O5. The van der Waals surface area contributed by atoms with Crippen LogP contribution in [0.4, 0.5) is 0 Å². The minimum absolute atomic E-state index is 0.00469. The first-order valence-corrected chi connectivity index (χ1v) is 9.80. The summed E-state index contributed by atoms with van der Waals surface area (Å²) in [4.78, 5) is 51.8. The molecule has 1 aromatic heterocycles. The van der Waals surface area contributed by atoms with E-state index in [2.05, 4.69) is 4.74 Å². The Labute approximate surface area is 178 Å². The molecule has 0 unspecified atom stereocenters. The number of methoxy groups -OCH3 is 1. The van der Waals surface area contributed by atoms with Gasteiger partial charge in [0.25, 0.3) is 11.8 Å². The summed E-state index contributed by atoms with van der Waals surface area (Å²) in [6.07, 6.45) is 1.76. The van der Waals surface area contributed by atoms with Crippen LogP contribution in [0.3, 0.4) is 0 Å². The zero-order valence-electron chi connectivity index (χ0n) is 16.9. The molecule has 0 fully saturated rings. The molecule has 7 heteroatoms. The number of benzene rings is 2. The molecule has 0 aliphatic carbocycles. The first kappa shape index (κ1) is 20.3. The number of Topliss-reactive ketones (excluding diaryl/α,β-unsaturated/α-hetero) is 1. The first-order chi connectivity index (χ1) is 15.0. The number of esters is 1. The van der Waals surface area contributed by atoms with Crippen molar-refractivity contribution in [1.29, 1.82) is 0 Å². The second kappa shape index (κ2) is 8.39. The molecule has 2 heterocycles. The van der Waals surface area contributed by atoms with Crippen molar-refractivity contribution in [3.05, 3.63) is 94.8 Å². The van der Waals surface area contributed by atoms with E-state index in [9.17, 15) is 19.2 Å². The van der Waals surface area contributed by atoms with Gasteiger partial charge in [0.15, 0.2) is 5.78 Å². The number of rotatable bonds is 4. The third kappa shape index (κ3) is 3.90. The Kier molecular flexibility index (Phi) is 5.49. The van der Waals surface area contributed by atoms with E-state index in [0.717, 1.165) is 10.5 Å². The normalized spacial score (nSPS) is 13.5. The number of hydrogen-bond acceptors (Lipinski definition) is 5. The molecule has 2 amide bonds. The summed E-state index contributed by atoms with van der Waals surface area (Å²) in [7, 11) is 1.27. The fourth-order valence-electron chi connectivity index (χ4n) is 3.64. The Hall–Kier alpha value is -4.00. The van der Waals surface area contributed by atoms with Gasteiger partial charge < -0.3 is 9.30 Å². The van der Waals surface area contributed by atoms with Crippen LogP contribution in [0, 0.1) is 0 Å². The van der Waals surface area contributed by atoms with Gasteiger partial charge in [-0.25, -0.2) is 4.79 Å². The maximum absolute atomic E-state index is 13.3. The Morgan fingerprint density at radius 2 is 1.61 bits per heavy atom. The van der Waals surface area contributed by atoms with Crippen LogP contribution < -0.4 is 0 Å². The summed E-state index contributed by atoms with van der Waals surface area (Å²) in [5.41, 5.74) is 2.07. The second-order valence-corrected chi connectivity index (χ2v) is 7.20. The molecule has 0 N–H and O–H groups in total. The third-order valence-electron chi connectivity index (χ3n) is 5.27. The smallest absolute Gasteiger partial charge is 0.337 e. The Balaban J connectivity index is 1.65. The van der Waals surface area contributed by atoms with E-state index in [1.54, 1.807) is 16.8 Å². The number of carbonyl (C=O) groups excluding carboxylic acids is 4. The topological polar surface area (TPSA) is 85.7 Å². The lowest BCUT2D eigenvalue weighted by Crippen LogP contribution is -2.38. The Bertz CT molecular complexity index is 1160. The van der Waals surface area contributed by atoms with Gasteiger partial charge >= 0.3 is 5.97 Å². The summed E-state index contributed by atoms with van der Waals surface area (Å²) in [5.74, 6) is -1.72. The molecule has 1 aliphatic heterocycles. The lowest BCUT2D eigenvalue weighted by molar-refractivity contribution is 0.0590. The summed E-state index contributed by atoms with van der Waals surface area (Å²) in [6, 6.07) is 17.1. The van der Waals surface area contributed by atoms with E-state index in [1.165, 1.54) is 31.4 Å². The SMILES string of the molecule is COC(=O)c1ccc(C(=O)N2CCC(=O)c3ccn(Cc4ccccc4)c3C2=O)cc1. The standard InChI is InChI=1S/C24H20N2O5/c1-31-24(30)18-9-7-17(8-10-18)22(28)26-14-12-20(27)19-11-13-25(21(19)23(26)29)15-16-5-3-2-4-6-16/h2-11,13H,12,14-15H2,1H3. The van der Waals surface area contributed by atoms with Crippen LogP contribution in [0.5, 0.6) is 0 Å². The second-order valence-electron chi connectivity index (χ2n) is 7.20. The quantitative estimate of drug-likeness (QED) is 0.482. The molecule has 1 aliphatic rings. The van der Waals surface area contributed by atoms with Gasteiger partial charge in [-0.1, -0.05) is 30.3 Å². The average molecular weight is 416 g/mol. The van der Waals surface area contributed by atoms with Crippen molar-refractivity contribution in [2.75, 3.05) is 13.7 Å². The monoisotopic (exact) mass is 416 g/mol. The minimum atomic E-state index is -0.519. The summed E-state index contributed by atoms with van der Waals surface area (Å²) in [6.45, 7) is 0.403. The maximum Gasteiger partial charge on any atom is 0.337 e. The fourth-order valence-corrected chi connectivity index (χ4v) is 3.64. The Morgan fingerprint density at radius 1 is 0.935 bits per heavy atom. The van der Waals surface area contributed by atoms with Crippen molar-refractivity contribution in [2.45, 2.75) is 13.0 Å². The summed E-state index contributed by atoms with van der Waals surface area (Å²) < 4.78 is 6.37. The lowest BCUT2D eigenvalue weighted by atomic mass is 10.1. The van der Waals surface area contributed by atoms with Crippen molar-refractivity contribution >= 4 is 23.6 Å². The van der Waals surface area contributed by atoms with E-state index in [4.69, 9.17) is 0 Å². The van der Waals surface area contributed by atoms with Gasteiger partial charge in [0, 0.05) is 36.8 Å². The molecule has 4 rings (SSSR count). The van der Waals surface area contributed by atoms with E-state index in [-0.39, 0.29) is 30.0 Å². The molecule has 0 saturated carbocycles. The molecule has 2 aromatic carbocycles. The van der Waals surface area contributed by atoms with Gasteiger partial charge in [-0.05, 0) is 35.9 Å². The third-order valence-corrected chi connectivity index (χ3v) is 5.27. The van der Waals surface area contributed by atoms with E-state index in [1.807, 2.05) is 30.3 Å². The van der Waals surface area contributed by atoms with Gasteiger partial charge in [-0.15, -0.1) is 0 Å². The molecular weight excluding hydrogens is 396 g/mol. The van der Waals surface area contributed by atoms with E-state index in [0.29, 0.717) is 17.7 Å². The molecule has 0 radical (unpaired) electrons. The van der Waals surface area contributed by atoms with E-state index >= 15 is 0 Å². The summed E-state index contributed by atoms with van der Waals surface area (Å²) >= 11 is 0. The molecule has 0 atom stereocenters. The molecule has 156 valence electrons. The predicted molar refractivity (Wildman–Crippen MR) is 112 cm³/mol. The number of ether oxygens (including phenoxy) is 1. The van der Waals surface area contributed by atoms with Crippen molar-refractivity contribution in [3.63, 3.8) is 0 Å². The van der Waals surface area contributed by atoms with Gasteiger partial charge in [0.1, 0.15) is 5.69 Å². The van der Waals surface area contributed by atoms with E-state index < -0.39 is 17.8 Å². The van der Waals surface area contributed by atoms with Gasteiger partial charge in [-0.3, -0.25) is 19.3 Å². The van der Waals surface area contributed by atoms with Crippen LogP contribution in [0.2, 0.25) is 0 Å². The van der Waals surface area contributed by atoms with Crippen molar-refractivity contribution < 1.29 is 23.9 Å². The largest absolute Gasteiger partial charge is 0.465 e. The highest BCUT2D eigenvalue weighted by Crippen LogP contribution is 2.23. The van der Waals surface area contributed by atoms with Crippen molar-refractivity contribution in [3.8, 4) is 0 Å². The highest BCUT2D eigenvalue weighted by molar-refractivity contribution is 6.16. The number of ketones is 1. The highest BCUT2D eigenvalue weighted by atomic mass is 16.5. The molecule has 3 aromatic rings. The van der Waals surface area contributed by atoms with Crippen molar-refractivity contribution in [1.82, 2.24) is 9.47 Å². The number of amides is 2. The predicted octanol–water partition coefficient (Wildman–Crippen LogP) is 3.19. The molecule has 0 saturated heterocycles. The maximum atomic E-state index is 13.3. The number of nitrogens with zero attached hydrogens (tertiary/aromatic N) is 2. The van der Waals surface area contributed by atoms with Crippen LogP contribution in [0.25, 0.3) is 0 Å². The van der Waals surface area contributed by atoms with Crippen LogP contribution in [-0.4, -0.2) is 46.7 Å². The minimum Gasteiger partial charge on any atom is -0.465 e. The number of hydrogen-bond donors (Lipinski definition) is 0. The van der Waals surface area contributed by atoms with Crippen LogP contribution in [0.15, 0.2) is 66.9 Å². The van der Waals surface area contributed by atoms with Gasteiger partial charge in [-0.2, -0.15) is 0 Å². The van der Waals surface area contributed by atoms with Gasteiger partial charge in [0.05, 0.1) is 12.7 Å². The number of aromatic nitrogens is 1. The number of fused-ring (bicyclic) bond motifs is 1. The zero-order valence-corrected chi connectivity index (χ0v) is 16.9. The number of imide groups is 1. The molecule has 7 nitrogen and oxygen atoms in total. The first-order valence-electron chi connectivity index (χ1n) is 9.80. The number of carbonyl (C=O) groups is 4. The van der Waals surface area contributed by atoms with Crippen LogP contribution in [0.1, 0.15) is 53.5 Å². The average Bonchev–Trinajstić information content (AvgIpc) is 3.17. The summed E-state index contributed by atoms with van der Waals surface area (Å²) in [5, 5.41) is 0. The van der Waals surface area contributed by atoms with Crippen LogP contribution in [-0.2, 0) is 11.3 Å². The highest BCUT2D eigenvalue weighted by Gasteiger charge is 2.34. The Morgan fingerprint density at radius 3 is 2.29 bits per heavy atom.